The van der Waals surface area contributed by atoms with E-state index in [0.29, 0.717) is 69.5 Å². The van der Waals surface area contributed by atoms with Crippen molar-refractivity contribution >= 4 is 6.03 Å². The molecule has 286 valence electrons. The Hall–Kier alpha value is -2.91. The molecule has 0 radical (unpaired) electrons. The molecule has 5 atom stereocenters. The SMILES string of the molecule is CCCOCCCOc1cc(OCCCNC(=O)NC(C)(C)CO)ccc1C/C(C(O[C@@H]1OC(CO)[C@@H](O)C(O)[C@H]1O)=C(C)C)=C(/C)C(C)C. The van der Waals surface area contributed by atoms with Crippen molar-refractivity contribution in [3.63, 3.8) is 0 Å². The van der Waals surface area contributed by atoms with E-state index in [2.05, 4.69) is 31.4 Å². The minimum absolute atomic E-state index is 0.130. The van der Waals surface area contributed by atoms with Crippen LogP contribution < -0.4 is 20.1 Å². The number of carbonyl (C=O) groups is 1. The summed E-state index contributed by atoms with van der Waals surface area (Å²) in [5.74, 6) is 1.82. The standard InChI is InChI=1S/C37H62N2O11/c1-9-15-46-16-11-18-48-29-20-27(47-17-10-14-38-36(45)39-37(7,8)22-41)13-12-26(29)19-28(25(6)23(2)3)34(24(4)5)50-35-33(44)32(43)31(42)30(21-40)49-35/h12-13,20,23,30-33,35,40-44H,9-11,14-19,21-22H2,1-8H3,(H2,38,39,45)/b28-25+/t30?,31-,32?,33-,35+/m1/s1. The highest BCUT2D eigenvalue weighted by molar-refractivity contribution is 5.74. The van der Waals surface area contributed by atoms with Crippen molar-refractivity contribution in [2.24, 2.45) is 5.92 Å². The summed E-state index contributed by atoms with van der Waals surface area (Å²) in [6.45, 7) is 17.1. The normalized spacial score (nSPS) is 21.4. The summed E-state index contributed by atoms with van der Waals surface area (Å²) in [6, 6.07) is 5.28. The summed E-state index contributed by atoms with van der Waals surface area (Å²) in [7, 11) is 0. The summed E-state index contributed by atoms with van der Waals surface area (Å²) < 4.78 is 29.9. The molecule has 1 fully saturated rings. The van der Waals surface area contributed by atoms with Gasteiger partial charge in [-0.1, -0.05) is 32.4 Å². The highest BCUT2D eigenvalue weighted by atomic mass is 16.7. The average molecular weight is 711 g/mol. The first-order chi connectivity index (χ1) is 23.6. The Morgan fingerprint density at radius 3 is 2.28 bits per heavy atom. The van der Waals surface area contributed by atoms with E-state index in [9.17, 15) is 30.3 Å². The molecule has 0 saturated carbocycles. The van der Waals surface area contributed by atoms with Crippen LogP contribution in [0.4, 0.5) is 4.79 Å². The van der Waals surface area contributed by atoms with Crippen LogP contribution in [0.25, 0.3) is 0 Å². The molecule has 2 unspecified atom stereocenters. The Bertz CT molecular complexity index is 1240. The quantitative estimate of drug-likeness (QED) is 0.0563. The predicted molar refractivity (Wildman–Crippen MR) is 190 cm³/mol. The molecular weight excluding hydrogens is 648 g/mol. The lowest BCUT2D eigenvalue weighted by atomic mass is 9.91. The molecule has 0 aromatic heterocycles. The van der Waals surface area contributed by atoms with Crippen LogP contribution in [0.2, 0.25) is 0 Å². The fraction of sp³-hybridized carbons (Fsp3) is 0.703. The third-order valence-electron chi connectivity index (χ3n) is 8.32. The predicted octanol–water partition coefficient (Wildman–Crippen LogP) is 3.35. The molecule has 2 amide bonds. The highest BCUT2D eigenvalue weighted by Crippen LogP contribution is 2.35. The number of allylic oxidation sites excluding steroid dienone is 3. The Kier molecular flexibility index (Phi) is 18.6. The van der Waals surface area contributed by atoms with Gasteiger partial charge in [-0.05, 0) is 76.2 Å². The molecule has 0 bridgehead atoms. The second-order valence-corrected chi connectivity index (χ2v) is 13.8. The van der Waals surface area contributed by atoms with Crippen molar-refractivity contribution in [1.29, 1.82) is 0 Å². The van der Waals surface area contributed by atoms with Crippen LogP contribution in [0.3, 0.4) is 0 Å². The second kappa shape index (κ2) is 21.5. The van der Waals surface area contributed by atoms with Crippen LogP contribution in [0, 0.1) is 5.92 Å². The Labute approximate surface area is 297 Å². The van der Waals surface area contributed by atoms with Gasteiger partial charge < -0.3 is 59.9 Å². The highest BCUT2D eigenvalue weighted by Gasteiger charge is 2.45. The van der Waals surface area contributed by atoms with Crippen molar-refractivity contribution in [1.82, 2.24) is 10.6 Å². The van der Waals surface area contributed by atoms with Gasteiger partial charge in [0.25, 0.3) is 0 Å². The van der Waals surface area contributed by atoms with E-state index < -0.39 is 42.9 Å². The molecule has 1 aliphatic heterocycles. The maximum absolute atomic E-state index is 12.1. The van der Waals surface area contributed by atoms with E-state index in [-0.39, 0.29) is 18.6 Å². The molecule has 1 saturated heterocycles. The molecule has 7 N–H and O–H groups in total. The maximum Gasteiger partial charge on any atom is 0.315 e. The van der Waals surface area contributed by atoms with Gasteiger partial charge >= 0.3 is 6.03 Å². The Balaban J connectivity index is 2.31. The third kappa shape index (κ3) is 13.7. The molecule has 0 spiro atoms. The summed E-state index contributed by atoms with van der Waals surface area (Å²) in [5, 5.41) is 56.0. The number of benzene rings is 1. The van der Waals surface area contributed by atoms with E-state index in [4.69, 9.17) is 23.7 Å². The summed E-state index contributed by atoms with van der Waals surface area (Å²) in [4.78, 5) is 12.1. The number of amides is 2. The number of nitrogens with one attached hydrogen (secondary N) is 2. The van der Waals surface area contributed by atoms with Gasteiger partial charge in [-0.15, -0.1) is 0 Å². The fourth-order valence-corrected chi connectivity index (χ4v) is 5.06. The molecule has 2 rings (SSSR count). The zero-order valence-electron chi connectivity index (χ0n) is 31.2. The van der Waals surface area contributed by atoms with E-state index in [1.54, 1.807) is 13.8 Å². The number of hydrogen-bond donors (Lipinski definition) is 7. The number of rotatable bonds is 21. The first kappa shape index (κ1) is 43.3. The average Bonchev–Trinajstić information content (AvgIpc) is 3.07. The smallest absolute Gasteiger partial charge is 0.315 e. The summed E-state index contributed by atoms with van der Waals surface area (Å²) >= 11 is 0. The van der Waals surface area contributed by atoms with Gasteiger partial charge in [-0.3, -0.25) is 0 Å². The Morgan fingerprint density at radius 1 is 0.960 bits per heavy atom. The van der Waals surface area contributed by atoms with Crippen LogP contribution in [-0.4, -0.2) is 114 Å². The number of aliphatic hydroxyl groups is 5. The molecule has 50 heavy (non-hydrogen) atoms. The monoisotopic (exact) mass is 710 g/mol. The van der Waals surface area contributed by atoms with Crippen LogP contribution in [-0.2, 0) is 20.6 Å². The van der Waals surface area contributed by atoms with Crippen LogP contribution in [0.1, 0.15) is 80.2 Å². The number of aliphatic hydroxyl groups excluding tert-OH is 5. The van der Waals surface area contributed by atoms with Crippen LogP contribution in [0.5, 0.6) is 11.5 Å². The number of ether oxygens (including phenoxy) is 5. The third-order valence-corrected chi connectivity index (χ3v) is 8.32. The van der Waals surface area contributed by atoms with Crippen molar-refractivity contribution in [2.45, 2.75) is 117 Å². The van der Waals surface area contributed by atoms with Crippen molar-refractivity contribution in [2.75, 3.05) is 46.2 Å². The van der Waals surface area contributed by atoms with Gasteiger partial charge in [0.1, 0.15) is 41.7 Å². The van der Waals surface area contributed by atoms with Gasteiger partial charge in [0.05, 0.1) is 32.0 Å². The second-order valence-electron chi connectivity index (χ2n) is 13.8. The zero-order valence-corrected chi connectivity index (χ0v) is 31.2. The van der Waals surface area contributed by atoms with Crippen LogP contribution >= 0.6 is 0 Å². The molecule has 1 aromatic rings. The van der Waals surface area contributed by atoms with Crippen molar-refractivity contribution < 1.29 is 54.0 Å². The number of hydrogen-bond acceptors (Lipinski definition) is 11. The lowest BCUT2D eigenvalue weighted by Crippen LogP contribution is -2.59. The van der Waals surface area contributed by atoms with E-state index in [1.165, 1.54) is 0 Å². The number of carbonyl (C=O) groups excluding carboxylic acids is 1. The van der Waals surface area contributed by atoms with E-state index >= 15 is 0 Å². The number of urea groups is 1. The van der Waals surface area contributed by atoms with Crippen molar-refractivity contribution in [3.05, 3.63) is 46.2 Å². The fourth-order valence-electron chi connectivity index (χ4n) is 5.06. The minimum atomic E-state index is -1.57. The zero-order chi connectivity index (χ0) is 37.4. The lowest BCUT2D eigenvalue weighted by Gasteiger charge is -2.40. The summed E-state index contributed by atoms with van der Waals surface area (Å²) in [5.41, 5.74) is 2.82. The van der Waals surface area contributed by atoms with Gasteiger partial charge in [-0.2, -0.15) is 0 Å². The molecule has 1 aromatic carbocycles. The van der Waals surface area contributed by atoms with E-state index in [1.807, 2.05) is 39.0 Å². The largest absolute Gasteiger partial charge is 0.493 e. The molecular formula is C37H62N2O11. The summed E-state index contributed by atoms with van der Waals surface area (Å²) in [6.07, 6.45) is -4.46. The first-order valence-electron chi connectivity index (χ1n) is 17.6. The molecule has 13 heteroatoms. The van der Waals surface area contributed by atoms with Gasteiger partial charge in [0.15, 0.2) is 0 Å². The maximum atomic E-state index is 12.1. The van der Waals surface area contributed by atoms with Crippen molar-refractivity contribution in [3.8, 4) is 11.5 Å². The molecule has 1 heterocycles. The molecule has 1 aliphatic rings. The van der Waals surface area contributed by atoms with Crippen LogP contribution in [0.15, 0.2) is 40.7 Å². The lowest BCUT2D eigenvalue weighted by molar-refractivity contribution is -0.290. The van der Waals surface area contributed by atoms with Gasteiger partial charge in [0, 0.05) is 38.7 Å². The minimum Gasteiger partial charge on any atom is -0.493 e. The van der Waals surface area contributed by atoms with E-state index in [0.717, 1.165) is 28.7 Å². The molecule has 13 nitrogen and oxygen atoms in total. The van der Waals surface area contributed by atoms with Gasteiger partial charge in [0.2, 0.25) is 6.29 Å². The Morgan fingerprint density at radius 2 is 1.66 bits per heavy atom. The van der Waals surface area contributed by atoms with Gasteiger partial charge in [-0.25, -0.2) is 4.79 Å². The molecule has 0 aliphatic carbocycles. The first-order valence-corrected chi connectivity index (χ1v) is 17.6. The topological polar surface area (TPSA) is 188 Å².